The van der Waals surface area contributed by atoms with Crippen molar-refractivity contribution in [2.45, 2.75) is 20.3 Å². The third kappa shape index (κ3) is 13.1. The minimum absolute atomic E-state index is 0. The fourth-order valence-electron chi connectivity index (χ4n) is 0.944. The zero-order valence-corrected chi connectivity index (χ0v) is 12.9. The van der Waals surface area contributed by atoms with Crippen molar-refractivity contribution >= 4 is 35.8 Å². The Morgan fingerprint density at radius 1 is 1.47 bits per heavy atom. The van der Waals surface area contributed by atoms with Gasteiger partial charge in [0.1, 0.15) is 6.54 Å². The molecule has 0 fully saturated rings. The van der Waals surface area contributed by atoms with Crippen LogP contribution in [0.1, 0.15) is 20.3 Å². The van der Waals surface area contributed by atoms with Gasteiger partial charge in [-0.25, -0.2) is 4.99 Å². The second kappa shape index (κ2) is 11.7. The van der Waals surface area contributed by atoms with Crippen LogP contribution in [0.25, 0.3) is 0 Å². The van der Waals surface area contributed by atoms with Crippen LogP contribution in [0.2, 0.25) is 0 Å². The summed E-state index contributed by atoms with van der Waals surface area (Å²) in [5.41, 5.74) is 5.58. The second-order valence-electron chi connectivity index (χ2n) is 3.90. The fourth-order valence-corrected chi connectivity index (χ4v) is 0.944. The first kappa shape index (κ1) is 18.6. The molecule has 1 amide bonds. The van der Waals surface area contributed by atoms with Crippen molar-refractivity contribution < 1.29 is 4.79 Å². The third-order valence-corrected chi connectivity index (χ3v) is 1.86. The molecule has 0 radical (unpaired) electrons. The topological polar surface area (TPSA) is 79.5 Å². The number of carbonyl (C=O) groups is 1. The number of rotatable bonds is 7. The molecule has 0 unspecified atom stereocenters. The van der Waals surface area contributed by atoms with Crippen molar-refractivity contribution in [1.29, 1.82) is 0 Å². The predicted molar refractivity (Wildman–Crippen MR) is 82.6 cm³/mol. The van der Waals surface area contributed by atoms with E-state index in [1.165, 1.54) is 0 Å². The first-order valence-corrected chi connectivity index (χ1v) is 5.47. The smallest absolute Gasteiger partial charge is 0.242 e. The van der Waals surface area contributed by atoms with E-state index in [1.54, 1.807) is 6.08 Å². The number of hydrogen-bond acceptors (Lipinski definition) is 2. The SMILES string of the molecule is C=CCNC(=O)CN=C(N)NCCC(C)C.I. The second-order valence-corrected chi connectivity index (χ2v) is 3.90. The Balaban J connectivity index is 0. The quantitative estimate of drug-likeness (QED) is 0.275. The highest BCUT2D eigenvalue weighted by molar-refractivity contribution is 14.0. The van der Waals surface area contributed by atoms with Crippen molar-refractivity contribution in [3.63, 3.8) is 0 Å². The summed E-state index contributed by atoms with van der Waals surface area (Å²) in [5.74, 6) is 0.777. The van der Waals surface area contributed by atoms with Gasteiger partial charge in [0.2, 0.25) is 5.91 Å². The van der Waals surface area contributed by atoms with E-state index in [1.807, 2.05) is 0 Å². The van der Waals surface area contributed by atoms with E-state index in [4.69, 9.17) is 5.73 Å². The number of guanidine groups is 1. The Hall–Kier alpha value is -0.790. The molecule has 0 heterocycles. The average Bonchev–Trinajstić information content (AvgIpc) is 2.23. The van der Waals surface area contributed by atoms with Crippen LogP contribution in [0.15, 0.2) is 17.6 Å². The van der Waals surface area contributed by atoms with E-state index in [9.17, 15) is 4.79 Å². The zero-order valence-electron chi connectivity index (χ0n) is 10.5. The lowest BCUT2D eigenvalue weighted by Gasteiger charge is -2.07. The normalized spacial score (nSPS) is 10.6. The lowest BCUT2D eigenvalue weighted by atomic mass is 10.1. The minimum Gasteiger partial charge on any atom is -0.370 e. The molecular weight excluding hydrogens is 331 g/mol. The van der Waals surface area contributed by atoms with Gasteiger partial charge < -0.3 is 16.4 Å². The average molecular weight is 354 g/mol. The molecule has 0 atom stereocenters. The molecule has 0 aromatic carbocycles. The molecular formula is C11H23IN4O. The number of nitrogens with zero attached hydrogens (tertiary/aromatic N) is 1. The van der Waals surface area contributed by atoms with Gasteiger partial charge in [-0.3, -0.25) is 4.79 Å². The van der Waals surface area contributed by atoms with E-state index in [-0.39, 0.29) is 36.4 Å². The molecule has 0 saturated carbocycles. The molecule has 0 spiro atoms. The van der Waals surface area contributed by atoms with Gasteiger partial charge in [-0.2, -0.15) is 0 Å². The van der Waals surface area contributed by atoms with Crippen molar-refractivity contribution in [2.75, 3.05) is 19.6 Å². The summed E-state index contributed by atoms with van der Waals surface area (Å²) in [6, 6.07) is 0. The highest BCUT2D eigenvalue weighted by Gasteiger charge is 1.98. The Morgan fingerprint density at radius 3 is 2.65 bits per heavy atom. The molecule has 0 aromatic rings. The summed E-state index contributed by atoms with van der Waals surface area (Å²) in [6.07, 6.45) is 2.64. The molecule has 0 bridgehead atoms. The molecule has 6 heteroatoms. The maximum atomic E-state index is 11.1. The van der Waals surface area contributed by atoms with Crippen LogP contribution in [-0.4, -0.2) is 31.5 Å². The molecule has 4 N–H and O–H groups in total. The summed E-state index contributed by atoms with van der Waals surface area (Å²) in [6.45, 7) is 9.05. The van der Waals surface area contributed by atoms with Gasteiger partial charge in [0.05, 0.1) is 0 Å². The number of amides is 1. The standard InChI is InChI=1S/C11H22N4O.HI/c1-4-6-13-10(16)8-15-11(12)14-7-5-9(2)3;/h4,9H,1,5-8H2,2-3H3,(H,13,16)(H3,12,14,15);1H. The van der Waals surface area contributed by atoms with Crippen LogP contribution in [-0.2, 0) is 4.79 Å². The molecule has 0 aliphatic rings. The van der Waals surface area contributed by atoms with Gasteiger partial charge in [0.25, 0.3) is 0 Å². The Kier molecular flexibility index (Phi) is 12.8. The van der Waals surface area contributed by atoms with Crippen molar-refractivity contribution in [2.24, 2.45) is 16.6 Å². The van der Waals surface area contributed by atoms with Crippen molar-refractivity contribution in [3.05, 3.63) is 12.7 Å². The molecule has 0 aromatic heterocycles. The van der Waals surface area contributed by atoms with E-state index in [0.717, 1.165) is 13.0 Å². The number of nitrogens with two attached hydrogens (primary N) is 1. The number of aliphatic imine (C=N–C) groups is 1. The van der Waals surface area contributed by atoms with E-state index in [2.05, 4.69) is 36.1 Å². The zero-order chi connectivity index (χ0) is 12.4. The van der Waals surface area contributed by atoms with Crippen molar-refractivity contribution in [1.82, 2.24) is 10.6 Å². The van der Waals surface area contributed by atoms with Crippen LogP contribution in [0.5, 0.6) is 0 Å². The third-order valence-electron chi connectivity index (χ3n) is 1.86. The first-order valence-electron chi connectivity index (χ1n) is 5.47. The van der Waals surface area contributed by atoms with Gasteiger partial charge in [-0.1, -0.05) is 19.9 Å². The summed E-state index contributed by atoms with van der Waals surface area (Å²) in [5, 5.41) is 5.57. The lowest BCUT2D eigenvalue weighted by Crippen LogP contribution is -2.34. The molecule has 5 nitrogen and oxygen atoms in total. The number of halogens is 1. The summed E-state index contributed by atoms with van der Waals surface area (Å²) in [4.78, 5) is 15.0. The first-order chi connectivity index (χ1) is 7.56. The molecule has 0 rings (SSSR count). The van der Waals surface area contributed by atoms with Gasteiger partial charge in [-0.05, 0) is 12.3 Å². The van der Waals surface area contributed by atoms with Crippen LogP contribution < -0.4 is 16.4 Å². The number of carbonyl (C=O) groups excluding carboxylic acids is 1. The number of nitrogens with one attached hydrogen (secondary N) is 2. The molecule has 100 valence electrons. The minimum atomic E-state index is -0.159. The maximum Gasteiger partial charge on any atom is 0.242 e. The van der Waals surface area contributed by atoms with E-state index in [0.29, 0.717) is 18.4 Å². The lowest BCUT2D eigenvalue weighted by molar-refractivity contribution is -0.119. The highest BCUT2D eigenvalue weighted by atomic mass is 127. The van der Waals surface area contributed by atoms with E-state index < -0.39 is 0 Å². The van der Waals surface area contributed by atoms with E-state index >= 15 is 0 Å². The monoisotopic (exact) mass is 354 g/mol. The van der Waals surface area contributed by atoms with Gasteiger partial charge >= 0.3 is 0 Å². The Morgan fingerprint density at radius 2 is 2.12 bits per heavy atom. The van der Waals surface area contributed by atoms with Crippen LogP contribution in [0, 0.1) is 5.92 Å². The largest absolute Gasteiger partial charge is 0.370 e. The summed E-state index contributed by atoms with van der Waals surface area (Å²) < 4.78 is 0. The molecule has 0 saturated heterocycles. The maximum absolute atomic E-state index is 11.1. The fraction of sp³-hybridized carbons (Fsp3) is 0.636. The summed E-state index contributed by atoms with van der Waals surface area (Å²) in [7, 11) is 0. The van der Waals surface area contributed by atoms with Gasteiger partial charge in [-0.15, -0.1) is 30.6 Å². The Labute approximate surface area is 120 Å². The van der Waals surface area contributed by atoms with Gasteiger partial charge in [0.15, 0.2) is 5.96 Å². The Bertz CT molecular complexity index is 254. The highest BCUT2D eigenvalue weighted by Crippen LogP contribution is 1.95. The summed E-state index contributed by atoms with van der Waals surface area (Å²) >= 11 is 0. The number of hydrogen-bond donors (Lipinski definition) is 3. The predicted octanol–water partition coefficient (Wildman–Crippen LogP) is 0.857. The van der Waals surface area contributed by atoms with Crippen LogP contribution in [0.4, 0.5) is 0 Å². The molecule has 0 aliphatic heterocycles. The van der Waals surface area contributed by atoms with Crippen LogP contribution in [0.3, 0.4) is 0 Å². The molecule has 17 heavy (non-hydrogen) atoms. The van der Waals surface area contributed by atoms with Crippen molar-refractivity contribution in [3.8, 4) is 0 Å². The molecule has 0 aliphatic carbocycles. The van der Waals surface area contributed by atoms with Gasteiger partial charge in [0, 0.05) is 13.1 Å². The van der Waals surface area contributed by atoms with Crippen LogP contribution >= 0.6 is 24.0 Å².